The van der Waals surface area contributed by atoms with Gasteiger partial charge in [0.05, 0.1) is 17.1 Å². The number of anilines is 4. The lowest BCUT2D eigenvalue weighted by Gasteiger charge is -2.16. The van der Waals surface area contributed by atoms with E-state index in [0.29, 0.717) is 0 Å². The lowest BCUT2D eigenvalue weighted by molar-refractivity contribution is 0.597. The predicted octanol–water partition coefficient (Wildman–Crippen LogP) is 6.18. The van der Waals surface area contributed by atoms with Gasteiger partial charge in [-0.25, -0.2) is 0 Å². The first-order valence-electron chi connectivity index (χ1n) is 12.0. The van der Waals surface area contributed by atoms with Crippen molar-refractivity contribution in [3.63, 3.8) is 0 Å². The van der Waals surface area contributed by atoms with Crippen molar-refractivity contribution in [2.45, 2.75) is 12.8 Å². The summed E-state index contributed by atoms with van der Waals surface area (Å²) in [5, 5.41) is 10.1. The summed E-state index contributed by atoms with van der Waals surface area (Å²) in [6.07, 6.45) is 10.1. The van der Waals surface area contributed by atoms with Crippen molar-refractivity contribution < 1.29 is 9.13 Å². The molecule has 0 spiro atoms. The van der Waals surface area contributed by atoms with Crippen molar-refractivity contribution in [2.75, 3.05) is 10.6 Å². The maximum Gasteiger partial charge on any atom is 0.419 e. The molecule has 2 atom stereocenters. The second-order valence-corrected chi connectivity index (χ2v) is 12.3. The third kappa shape index (κ3) is 3.30. The fraction of sp³-hybridized carbons (Fsp3) is 0.0667. The molecular formula is C30H22N2O2P2+2. The van der Waals surface area contributed by atoms with Gasteiger partial charge in [0.15, 0.2) is 0 Å². The molecule has 4 aromatic carbocycles. The van der Waals surface area contributed by atoms with Crippen LogP contribution in [0.4, 0.5) is 22.7 Å². The number of fused-ring (bicyclic) bond motifs is 8. The molecule has 0 saturated carbocycles. The van der Waals surface area contributed by atoms with Crippen LogP contribution in [0.1, 0.15) is 22.3 Å². The molecule has 2 aliphatic carbocycles. The molecule has 0 aromatic heterocycles. The molecule has 0 saturated heterocycles. The Balaban J connectivity index is 1.55. The molecule has 3 aliphatic rings. The normalized spacial score (nSPS) is 16.8. The summed E-state index contributed by atoms with van der Waals surface area (Å²) in [4.78, 5) is 0. The summed E-state index contributed by atoms with van der Waals surface area (Å²) in [5.74, 6) is 0. The van der Waals surface area contributed by atoms with Gasteiger partial charge in [-0.2, -0.15) is 0 Å². The number of rotatable bonds is 0. The standard InChI is InChI=1S/C30H22N2O2P2/c33-35-25-13-3-1-11-23(25)31-24-12-2-4-14-26(24)36(34)28-18-16-20-8-6-10-22(20)30(28)32-29-21-9-5-7-19(21)15-17-27(29)35/h1-7,10-18,31-32H,8-9H2/q+2. The van der Waals surface area contributed by atoms with E-state index < -0.39 is 15.6 Å². The van der Waals surface area contributed by atoms with Crippen LogP contribution in [0.3, 0.4) is 0 Å². The van der Waals surface area contributed by atoms with Crippen LogP contribution in [0.5, 0.6) is 0 Å². The fourth-order valence-electron chi connectivity index (χ4n) is 5.31. The first-order valence-corrected chi connectivity index (χ1v) is 14.5. The molecule has 1 heterocycles. The molecule has 2 N–H and O–H groups in total. The van der Waals surface area contributed by atoms with Gasteiger partial charge in [0.1, 0.15) is 5.69 Å². The summed E-state index contributed by atoms with van der Waals surface area (Å²) in [6.45, 7) is 0. The SMILES string of the molecule is O=[P+]1c2ccccc2Nc2ccccc2[P+](=O)c2ccc3c(c2Nc2c1ccc1c2C=CC1)CC=C3. The molecule has 172 valence electrons. The number of benzene rings is 4. The topological polar surface area (TPSA) is 58.2 Å². The Morgan fingerprint density at radius 3 is 1.97 bits per heavy atom. The molecule has 36 heavy (non-hydrogen) atoms. The third-order valence-corrected chi connectivity index (χ3v) is 10.4. The van der Waals surface area contributed by atoms with Crippen molar-refractivity contribution in [2.24, 2.45) is 0 Å². The minimum Gasteiger partial charge on any atom is -0.348 e. The lowest BCUT2D eigenvalue weighted by atomic mass is 10.0. The summed E-state index contributed by atoms with van der Waals surface area (Å²) < 4.78 is 28.5. The van der Waals surface area contributed by atoms with E-state index in [9.17, 15) is 9.13 Å². The fourth-order valence-corrected chi connectivity index (χ4v) is 8.16. The van der Waals surface area contributed by atoms with E-state index in [2.05, 4.69) is 47.1 Å². The van der Waals surface area contributed by atoms with Crippen LogP contribution in [0.2, 0.25) is 0 Å². The maximum absolute atomic E-state index is 14.2. The second-order valence-electron chi connectivity index (χ2n) is 9.15. The Labute approximate surface area is 211 Å². The summed E-state index contributed by atoms with van der Waals surface area (Å²) >= 11 is 0. The first-order chi connectivity index (χ1) is 17.7. The zero-order valence-corrected chi connectivity index (χ0v) is 21.2. The summed E-state index contributed by atoms with van der Waals surface area (Å²) in [7, 11) is -3.83. The molecule has 1 aliphatic heterocycles. The van der Waals surface area contributed by atoms with Gasteiger partial charge in [-0.05, 0) is 65.9 Å². The van der Waals surface area contributed by atoms with Crippen LogP contribution < -0.4 is 31.9 Å². The molecule has 4 nitrogen and oxygen atoms in total. The van der Waals surface area contributed by atoms with Gasteiger partial charge in [0.2, 0.25) is 21.2 Å². The Kier molecular flexibility index (Phi) is 4.99. The van der Waals surface area contributed by atoms with E-state index in [0.717, 1.165) is 73.5 Å². The lowest BCUT2D eigenvalue weighted by Crippen LogP contribution is -2.21. The second kappa shape index (κ2) is 8.38. The minimum atomic E-state index is -1.92. The van der Waals surface area contributed by atoms with Crippen LogP contribution in [0.25, 0.3) is 12.2 Å². The predicted molar refractivity (Wildman–Crippen MR) is 152 cm³/mol. The Morgan fingerprint density at radius 2 is 1.22 bits per heavy atom. The van der Waals surface area contributed by atoms with Crippen molar-refractivity contribution >= 4 is 71.7 Å². The third-order valence-electron chi connectivity index (χ3n) is 7.09. The van der Waals surface area contributed by atoms with Crippen LogP contribution in [0, 0.1) is 0 Å². The van der Waals surface area contributed by atoms with Gasteiger partial charge in [-0.3, -0.25) is 0 Å². The highest BCUT2D eigenvalue weighted by atomic mass is 31.1. The van der Waals surface area contributed by atoms with Gasteiger partial charge in [-0.1, -0.05) is 69.8 Å². The van der Waals surface area contributed by atoms with E-state index in [1.54, 1.807) is 0 Å². The average Bonchev–Trinajstić information content (AvgIpc) is 3.58. The van der Waals surface area contributed by atoms with Gasteiger partial charge in [0.25, 0.3) is 0 Å². The van der Waals surface area contributed by atoms with E-state index in [4.69, 9.17) is 0 Å². The van der Waals surface area contributed by atoms with Gasteiger partial charge in [0, 0.05) is 5.56 Å². The zero-order valence-electron chi connectivity index (χ0n) is 19.4. The molecule has 0 fully saturated rings. The van der Waals surface area contributed by atoms with Gasteiger partial charge < -0.3 is 10.6 Å². The highest BCUT2D eigenvalue weighted by molar-refractivity contribution is 7.62. The quantitative estimate of drug-likeness (QED) is 0.247. The summed E-state index contributed by atoms with van der Waals surface area (Å²) in [6, 6.07) is 23.5. The number of hydrogen-bond acceptors (Lipinski definition) is 4. The van der Waals surface area contributed by atoms with E-state index in [1.165, 1.54) is 5.56 Å². The van der Waals surface area contributed by atoms with Crippen molar-refractivity contribution in [3.8, 4) is 0 Å². The van der Waals surface area contributed by atoms with Crippen molar-refractivity contribution in [1.82, 2.24) is 0 Å². The monoisotopic (exact) mass is 504 g/mol. The van der Waals surface area contributed by atoms with Crippen LogP contribution in [-0.2, 0) is 22.0 Å². The summed E-state index contributed by atoms with van der Waals surface area (Å²) in [5.41, 5.74) is 7.74. The maximum atomic E-state index is 14.2. The minimum absolute atomic E-state index is 0.725. The van der Waals surface area contributed by atoms with Gasteiger partial charge >= 0.3 is 15.6 Å². The molecule has 7 rings (SSSR count). The molecule has 2 unspecified atom stereocenters. The number of hydrogen-bond donors (Lipinski definition) is 2. The van der Waals surface area contributed by atoms with Gasteiger partial charge in [-0.15, -0.1) is 0 Å². The van der Waals surface area contributed by atoms with Crippen molar-refractivity contribution in [1.29, 1.82) is 0 Å². The van der Waals surface area contributed by atoms with E-state index in [-0.39, 0.29) is 0 Å². The number of para-hydroxylation sites is 2. The Hall–Kier alpha value is -3.84. The first kappa shape index (κ1) is 21.4. The average molecular weight is 504 g/mol. The number of nitrogens with one attached hydrogen (secondary N) is 2. The largest absolute Gasteiger partial charge is 0.419 e. The van der Waals surface area contributed by atoms with Crippen LogP contribution >= 0.6 is 15.6 Å². The highest BCUT2D eigenvalue weighted by Gasteiger charge is 2.38. The van der Waals surface area contributed by atoms with Crippen molar-refractivity contribution in [3.05, 3.63) is 107 Å². The van der Waals surface area contributed by atoms with Crippen LogP contribution in [0.15, 0.2) is 84.9 Å². The number of allylic oxidation sites excluding steroid dienone is 2. The molecule has 0 bridgehead atoms. The van der Waals surface area contributed by atoms with Crippen LogP contribution in [-0.4, -0.2) is 0 Å². The zero-order chi connectivity index (χ0) is 24.2. The van der Waals surface area contributed by atoms with E-state index in [1.807, 2.05) is 60.7 Å². The Bertz CT molecular complexity index is 1690. The molecular weight excluding hydrogens is 482 g/mol. The van der Waals surface area contributed by atoms with E-state index >= 15 is 0 Å². The molecule has 0 amide bonds. The molecule has 4 aromatic rings. The smallest absolute Gasteiger partial charge is 0.348 e. The Morgan fingerprint density at radius 1 is 0.583 bits per heavy atom. The molecule has 0 radical (unpaired) electrons. The molecule has 6 heteroatoms. The highest BCUT2D eigenvalue weighted by Crippen LogP contribution is 2.41.